The first-order valence-electron chi connectivity index (χ1n) is 10.8. The van der Waals surface area contributed by atoms with Crippen molar-refractivity contribution in [1.82, 2.24) is 4.31 Å². The van der Waals surface area contributed by atoms with Gasteiger partial charge in [-0.3, -0.25) is 4.79 Å². The van der Waals surface area contributed by atoms with Gasteiger partial charge in [0.1, 0.15) is 5.75 Å². The number of para-hydroxylation sites is 1. The molecule has 0 atom stereocenters. The quantitative estimate of drug-likeness (QED) is 0.568. The lowest BCUT2D eigenvalue weighted by atomic mass is 9.95. The van der Waals surface area contributed by atoms with Gasteiger partial charge in [-0.1, -0.05) is 31.4 Å². The van der Waals surface area contributed by atoms with Crippen molar-refractivity contribution in [3.8, 4) is 5.75 Å². The fourth-order valence-electron chi connectivity index (χ4n) is 3.96. The van der Waals surface area contributed by atoms with Gasteiger partial charge in [0.15, 0.2) is 0 Å². The Morgan fingerprint density at radius 3 is 2.30 bits per heavy atom. The van der Waals surface area contributed by atoms with E-state index in [9.17, 15) is 26.4 Å². The number of ether oxygens (including phenoxy) is 1. The van der Waals surface area contributed by atoms with Crippen molar-refractivity contribution >= 4 is 21.6 Å². The molecule has 2 aromatic rings. The summed E-state index contributed by atoms with van der Waals surface area (Å²) in [7, 11) is -4.06. The zero-order chi connectivity index (χ0) is 24.1. The lowest BCUT2D eigenvalue weighted by molar-refractivity contribution is -0.137. The first kappa shape index (κ1) is 25.0. The molecule has 2 aromatic carbocycles. The summed E-state index contributed by atoms with van der Waals surface area (Å²) < 4.78 is 73.2. The average molecular weight is 485 g/mol. The van der Waals surface area contributed by atoms with E-state index in [0.717, 1.165) is 35.7 Å². The number of halogens is 3. The van der Waals surface area contributed by atoms with E-state index in [1.807, 2.05) is 6.92 Å². The van der Waals surface area contributed by atoms with E-state index in [4.69, 9.17) is 4.74 Å². The molecule has 0 aromatic heterocycles. The highest BCUT2D eigenvalue weighted by Gasteiger charge is 2.36. The number of nitrogens with one attached hydrogen (secondary N) is 1. The number of alkyl halides is 3. The number of amides is 1. The van der Waals surface area contributed by atoms with Crippen LogP contribution in [0.4, 0.5) is 18.9 Å². The molecule has 1 saturated carbocycles. The first-order valence-corrected chi connectivity index (χ1v) is 12.3. The van der Waals surface area contributed by atoms with Gasteiger partial charge in [-0.05, 0) is 56.2 Å². The molecular weight excluding hydrogens is 457 g/mol. The molecule has 1 aliphatic carbocycles. The van der Waals surface area contributed by atoms with Gasteiger partial charge in [0.2, 0.25) is 15.9 Å². The number of carbonyl (C=O) groups excluding carboxylic acids is 1. The number of rotatable bonds is 8. The highest BCUT2D eigenvalue weighted by Crippen LogP contribution is 2.35. The molecule has 0 aliphatic heterocycles. The fraction of sp³-hybridized carbons (Fsp3) is 0.435. The Morgan fingerprint density at radius 1 is 1.06 bits per heavy atom. The molecule has 1 amide bonds. The minimum absolute atomic E-state index is 0.0000168. The van der Waals surface area contributed by atoms with Crippen LogP contribution in [0.2, 0.25) is 0 Å². The SMILES string of the molecule is CCOc1ccc(S(=O)(=O)N(CC(=O)Nc2ccccc2C(F)(F)F)C2CCCCC2)cc1. The van der Waals surface area contributed by atoms with E-state index in [2.05, 4.69) is 5.32 Å². The molecule has 1 aliphatic rings. The van der Waals surface area contributed by atoms with Crippen molar-refractivity contribution in [2.75, 3.05) is 18.5 Å². The molecule has 6 nitrogen and oxygen atoms in total. The Bertz CT molecular complexity index is 1050. The smallest absolute Gasteiger partial charge is 0.418 e. The number of carbonyl (C=O) groups is 1. The van der Waals surface area contributed by atoms with Crippen molar-refractivity contribution in [2.24, 2.45) is 0 Å². The Kier molecular flexibility index (Phi) is 8.01. The number of benzene rings is 2. The zero-order valence-corrected chi connectivity index (χ0v) is 19.1. The summed E-state index contributed by atoms with van der Waals surface area (Å²) >= 11 is 0. The topological polar surface area (TPSA) is 75.7 Å². The monoisotopic (exact) mass is 484 g/mol. The maximum Gasteiger partial charge on any atom is 0.418 e. The van der Waals surface area contributed by atoms with Crippen molar-refractivity contribution in [3.63, 3.8) is 0 Å². The molecule has 0 heterocycles. The number of anilines is 1. The lowest BCUT2D eigenvalue weighted by Gasteiger charge is -2.33. The molecule has 0 spiro atoms. The van der Waals surface area contributed by atoms with Crippen molar-refractivity contribution in [2.45, 2.75) is 56.1 Å². The van der Waals surface area contributed by atoms with Gasteiger partial charge in [0, 0.05) is 6.04 Å². The third kappa shape index (κ3) is 6.26. The Balaban J connectivity index is 1.86. The molecule has 10 heteroatoms. The van der Waals surface area contributed by atoms with Crippen LogP contribution in [0, 0.1) is 0 Å². The van der Waals surface area contributed by atoms with E-state index in [1.54, 1.807) is 0 Å². The van der Waals surface area contributed by atoms with Gasteiger partial charge < -0.3 is 10.1 Å². The molecule has 1 fully saturated rings. The maximum absolute atomic E-state index is 13.4. The molecule has 1 N–H and O–H groups in total. The molecule has 0 bridgehead atoms. The lowest BCUT2D eigenvalue weighted by Crippen LogP contribution is -2.45. The van der Waals surface area contributed by atoms with Crippen LogP contribution in [0.5, 0.6) is 5.75 Å². The number of sulfonamides is 1. The van der Waals surface area contributed by atoms with Gasteiger partial charge in [0.25, 0.3) is 0 Å². The molecule has 0 saturated heterocycles. The minimum atomic E-state index is -4.65. The predicted molar refractivity (Wildman–Crippen MR) is 118 cm³/mol. The van der Waals surface area contributed by atoms with Crippen LogP contribution in [0.25, 0.3) is 0 Å². The molecule has 33 heavy (non-hydrogen) atoms. The van der Waals surface area contributed by atoms with Crippen LogP contribution < -0.4 is 10.1 Å². The first-order chi connectivity index (χ1) is 15.6. The third-order valence-electron chi connectivity index (χ3n) is 5.53. The van der Waals surface area contributed by atoms with Crippen molar-refractivity contribution in [1.29, 1.82) is 0 Å². The average Bonchev–Trinajstić information content (AvgIpc) is 2.78. The van der Waals surface area contributed by atoms with Crippen LogP contribution >= 0.6 is 0 Å². The van der Waals surface area contributed by atoms with E-state index >= 15 is 0 Å². The van der Waals surface area contributed by atoms with Crippen LogP contribution in [-0.4, -0.2) is 37.8 Å². The minimum Gasteiger partial charge on any atom is -0.494 e. The zero-order valence-electron chi connectivity index (χ0n) is 18.3. The van der Waals surface area contributed by atoms with Gasteiger partial charge in [-0.15, -0.1) is 0 Å². The molecule has 0 unspecified atom stereocenters. The second-order valence-corrected chi connectivity index (χ2v) is 9.73. The Labute approximate surface area is 191 Å². The third-order valence-corrected chi connectivity index (χ3v) is 7.44. The van der Waals surface area contributed by atoms with Gasteiger partial charge in [-0.25, -0.2) is 8.42 Å². The highest BCUT2D eigenvalue weighted by atomic mass is 32.2. The molecule has 0 radical (unpaired) electrons. The van der Waals surface area contributed by atoms with Crippen molar-refractivity contribution < 1.29 is 31.1 Å². The van der Waals surface area contributed by atoms with E-state index in [-0.39, 0.29) is 4.90 Å². The summed E-state index contributed by atoms with van der Waals surface area (Å²) in [5, 5.41) is 2.25. The summed E-state index contributed by atoms with van der Waals surface area (Å²) in [5.74, 6) is -0.311. The molecular formula is C23H27F3N2O4S. The molecule has 180 valence electrons. The second kappa shape index (κ2) is 10.6. The fourth-order valence-corrected chi connectivity index (χ4v) is 5.60. The second-order valence-electron chi connectivity index (χ2n) is 7.84. The number of hydrogen-bond acceptors (Lipinski definition) is 4. The normalized spacial score (nSPS) is 15.4. The number of nitrogens with zero attached hydrogens (tertiary/aromatic N) is 1. The summed E-state index contributed by atoms with van der Waals surface area (Å²) in [6, 6.07) is 10.1. The largest absolute Gasteiger partial charge is 0.494 e. The van der Waals surface area contributed by atoms with Crippen LogP contribution in [-0.2, 0) is 21.0 Å². The van der Waals surface area contributed by atoms with Gasteiger partial charge in [0.05, 0.1) is 29.3 Å². The van der Waals surface area contributed by atoms with Crippen LogP contribution in [0.1, 0.15) is 44.6 Å². The summed E-state index contributed by atoms with van der Waals surface area (Å²) in [6.07, 6.45) is -0.873. The van der Waals surface area contributed by atoms with Crippen molar-refractivity contribution in [3.05, 3.63) is 54.1 Å². The Morgan fingerprint density at radius 2 is 1.70 bits per heavy atom. The summed E-state index contributed by atoms with van der Waals surface area (Å²) in [4.78, 5) is 12.8. The summed E-state index contributed by atoms with van der Waals surface area (Å²) in [5.41, 5.74) is -1.39. The van der Waals surface area contributed by atoms with E-state index < -0.39 is 45.9 Å². The van der Waals surface area contributed by atoms with Crippen LogP contribution in [0.3, 0.4) is 0 Å². The van der Waals surface area contributed by atoms with E-state index in [0.29, 0.717) is 25.2 Å². The number of hydrogen-bond donors (Lipinski definition) is 1. The van der Waals surface area contributed by atoms with Gasteiger partial charge >= 0.3 is 6.18 Å². The van der Waals surface area contributed by atoms with Crippen LogP contribution in [0.15, 0.2) is 53.4 Å². The Hall–Kier alpha value is -2.59. The molecule has 3 rings (SSSR count). The highest BCUT2D eigenvalue weighted by molar-refractivity contribution is 7.89. The van der Waals surface area contributed by atoms with E-state index in [1.165, 1.54) is 36.4 Å². The standard InChI is InChI=1S/C23H27F3N2O4S/c1-2-32-18-12-14-19(15-13-18)33(30,31)28(17-8-4-3-5-9-17)16-22(29)27-21-11-7-6-10-20(21)23(24,25)26/h6-7,10-15,17H,2-5,8-9,16H2,1H3,(H,27,29). The van der Waals surface area contributed by atoms with Gasteiger partial charge in [-0.2, -0.15) is 17.5 Å². The predicted octanol–water partition coefficient (Wildman–Crippen LogP) is 5.07. The maximum atomic E-state index is 13.4. The summed E-state index contributed by atoms with van der Waals surface area (Å²) in [6.45, 7) is 1.66.